The first-order chi connectivity index (χ1) is 9.61. The lowest BCUT2D eigenvalue weighted by molar-refractivity contribution is -0.137. The Bertz CT molecular complexity index is 301. The van der Waals surface area contributed by atoms with E-state index >= 15 is 0 Å². The summed E-state index contributed by atoms with van der Waals surface area (Å²) in [6.45, 7) is 2.73. The number of aliphatic carboxylic acids is 1. The Morgan fingerprint density at radius 2 is 1.90 bits per heavy atom. The maximum Gasteiger partial charge on any atom is 0.315 e. The fourth-order valence-electron chi connectivity index (χ4n) is 2.87. The lowest BCUT2D eigenvalue weighted by Gasteiger charge is -2.17. The minimum atomic E-state index is -0.738. The van der Waals surface area contributed by atoms with Gasteiger partial charge in [-0.25, -0.2) is 4.79 Å². The molecule has 0 radical (unpaired) electrons. The smallest absolute Gasteiger partial charge is 0.315 e. The number of carbonyl (C=O) groups excluding carboxylic acids is 1. The molecule has 1 unspecified atom stereocenters. The van der Waals surface area contributed by atoms with Crippen molar-refractivity contribution in [3.05, 3.63) is 0 Å². The van der Waals surface area contributed by atoms with Crippen LogP contribution in [0, 0.1) is 5.92 Å². The van der Waals surface area contributed by atoms with Crippen molar-refractivity contribution in [2.24, 2.45) is 5.92 Å². The lowest BCUT2D eigenvalue weighted by Crippen LogP contribution is -2.41. The van der Waals surface area contributed by atoms with E-state index in [9.17, 15) is 9.59 Å². The highest BCUT2D eigenvalue weighted by Gasteiger charge is 2.17. The number of carbonyl (C=O) groups is 2. The molecule has 2 amide bonds. The third-order valence-corrected chi connectivity index (χ3v) is 3.99. The van der Waals surface area contributed by atoms with Crippen LogP contribution in [0.3, 0.4) is 0 Å². The largest absolute Gasteiger partial charge is 0.481 e. The van der Waals surface area contributed by atoms with Gasteiger partial charge in [0.2, 0.25) is 0 Å². The minimum absolute atomic E-state index is 0.0783. The average molecular weight is 284 g/mol. The monoisotopic (exact) mass is 284 g/mol. The van der Waals surface area contributed by atoms with Crippen LogP contribution < -0.4 is 10.6 Å². The Hall–Kier alpha value is -1.26. The normalized spacial score (nSPS) is 16.9. The molecule has 0 spiro atoms. The fourth-order valence-corrected chi connectivity index (χ4v) is 2.87. The Balaban J connectivity index is 2.14. The first kappa shape index (κ1) is 16.8. The first-order valence-corrected chi connectivity index (χ1v) is 7.88. The van der Waals surface area contributed by atoms with Crippen molar-refractivity contribution in [3.8, 4) is 0 Å². The van der Waals surface area contributed by atoms with Crippen LogP contribution in [0.2, 0.25) is 0 Å². The molecule has 0 saturated heterocycles. The van der Waals surface area contributed by atoms with E-state index in [1.54, 1.807) is 0 Å². The van der Waals surface area contributed by atoms with E-state index in [2.05, 4.69) is 17.6 Å². The van der Waals surface area contributed by atoms with Crippen molar-refractivity contribution >= 4 is 12.0 Å². The van der Waals surface area contributed by atoms with Gasteiger partial charge in [-0.3, -0.25) is 4.79 Å². The highest BCUT2D eigenvalue weighted by atomic mass is 16.4. The SMILES string of the molecule is CCCC(CCNC(=O)NC1CCCC1)CCC(=O)O. The van der Waals surface area contributed by atoms with Crippen molar-refractivity contribution in [2.75, 3.05) is 6.54 Å². The molecule has 0 aromatic rings. The van der Waals surface area contributed by atoms with Crippen LogP contribution in [-0.2, 0) is 4.79 Å². The molecule has 1 aliphatic carbocycles. The molecule has 3 N–H and O–H groups in total. The average Bonchev–Trinajstić information content (AvgIpc) is 2.88. The molecule has 5 heteroatoms. The summed E-state index contributed by atoms with van der Waals surface area (Å²) >= 11 is 0. The highest BCUT2D eigenvalue weighted by molar-refractivity contribution is 5.74. The second-order valence-corrected chi connectivity index (χ2v) is 5.76. The number of hydrogen-bond donors (Lipinski definition) is 3. The number of hydrogen-bond acceptors (Lipinski definition) is 2. The molecular formula is C15H28N2O3. The number of nitrogens with one attached hydrogen (secondary N) is 2. The van der Waals surface area contributed by atoms with E-state index in [1.165, 1.54) is 12.8 Å². The second kappa shape index (κ2) is 9.61. The lowest BCUT2D eigenvalue weighted by atomic mass is 9.94. The van der Waals surface area contributed by atoms with Crippen LogP contribution in [-0.4, -0.2) is 29.7 Å². The van der Waals surface area contributed by atoms with Crippen molar-refractivity contribution in [1.82, 2.24) is 10.6 Å². The number of amides is 2. The first-order valence-electron chi connectivity index (χ1n) is 7.88. The van der Waals surface area contributed by atoms with Gasteiger partial charge in [0.1, 0.15) is 0 Å². The number of carboxylic acid groups (broad SMARTS) is 1. The summed E-state index contributed by atoms with van der Waals surface area (Å²) in [4.78, 5) is 22.3. The van der Waals surface area contributed by atoms with Crippen LogP contribution in [0.1, 0.15) is 64.7 Å². The van der Waals surface area contributed by atoms with Gasteiger partial charge < -0.3 is 15.7 Å². The molecule has 116 valence electrons. The standard InChI is InChI=1S/C15H28N2O3/c1-2-5-12(8-9-14(18)19)10-11-16-15(20)17-13-6-3-4-7-13/h12-13H,2-11H2,1H3,(H,18,19)(H2,16,17,20). The maximum atomic E-state index is 11.7. The second-order valence-electron chi connectivity index (χ2n) is 5.76. The van der Waals surface area contributed by atoms with Crippen LogP contribution in [0.4, 0.5) is 4.79 Å². The molecule has 1 saturated carbocycles. The van der Waals surface area contributed by atoms with E-state index in [1.807, 2.05) is 0 Å². The van der Waals surface area contributed by atoms with E-state index < -0.39 is 5.97 Å². The molecule has 0 aromatic carbocycles. The Morgan fingerprint density at radius 3 is 2.50 bits per heavy atom. The zero-order chi connectivity index (χ0) is 14.8. The Kier molecular flexibility index (Phi) is 8.07. The third-order valence-electron chi connectivity index (χ3n) is 3.99. The Morgan fingerprint density at radius 1 is 1.20 bits per heavy atom. The van der Waals surface area contributed by atoms with Gasteiger partial charge in [-0.05, 0) is 31.6 Å². The summed E-state index contributed by atoms with van der Waals surface area (Å²) in [6.07, 6.45) is 8.46. The fraction of sp³-hybridized carbons (Fsp3) is 0.867. The number of rotatable bonds is 9. The number of carboxylic acids is 1. The van der Waals surface area contributed by atoms with Crippen LogP contribution in [0.5, 0.6) is 0 Å². The molecule has 1 fully saturated rings. The van der Waals surface area contributed by atoms with Crippen LogP contribution in [0.15, 0.2) is 0 Å². The minimum Gasteiger partial charge on any atom is -0.481 e. The zero-order valence-electron chi connectivity index (χ0n) is 12.5. The molecular weight excluding hydrogens is 256 g/mol. The van der Waals surface area contributed by atoms with Gasteiger partial charge in [0.25, 0.3) is 0 Å². The number of urea groups is 1. The van der Waals surface area contributed by atoms with E-state index in [0.717, 1.165) is 32.1 Å². The summed E-state index contributed by atoms with van der Waals surface area (Å²) in [5, 5.41) is 14.6. The van der Waals surface area contributed by atoms with Crippen LogP contribution >= 0.6 is 0 Å². The molecule has 0 aromatic heterocycles. The summed E-state index contributed by atoms with van der Waals surface area (Å²) in [6, 6.07) is 0.263. The summed E-state index contributed by atoms with van der Waals surface area (Å²) in [5.74, 6) is -0.346. The topological polar surface area (TPSA) is 78.4 Å². The van der Waals surface area contributed by atoms with Crippen molar-refractivity contribution in [1.29, 1.82) is 0 Å². The molecule has 20 heavy (non-hydrogen) atoms. The van der Waals surface area contributed by atoms with Gasteiger partial charge in [0.05, 0.1) is 0 Å². The maximum absolute atomic E-state index is 11.7. The van der Waals surface area contributed by atoms with Gasteiger partial charge in [0.15, 0.2) is 0 Å². The molecule has 0 heterocycles. The van der Waals surface area contributed by atoms with E-state index in [0.29, 0.717) is 24.9 Å². The molecule has 0 bridgehead atoms. The third kappa shape index (κ3) is 7.36. The highest BCUT2D eigenvalue weighted by Crippen LogP contribution is 2.18. The van der Waals surface area contributed by atoms with Crippen molar-refractivity contribution < 1.29 is 14.7 Å². The van der Waals surface area contributed by atoms with Crippen molar-refractivity contribution in [3.63, 3.8) is 0 Å². The predicted octanol–water partition coefficient (Wildman–Crippen LogP) is 2.90. The summed E-state index contributed by atoms with van der Waals surface area (Å²) in [5.41, 5.74) is 0. The van der Waals surface area contributed by atoms with Gasteiger partial charge in [-0.15, -0.1) is 0 Å². The molecule has 5 nitrogen and oxygen atoms in total. The van der Waals surface area contributed by atoms with Crippen LogP contribution in [0.25, 0.3) is 0 Å². The van der Waals surface area contributed by atoms with Gasteiger partial charge in [-0.2, -0.15) is 0 Å². The van der Waals surface area contributed by atoms with E-state index in [4.69, 9.17) is 5.11 Å². The van der Waals surface area contributed by atoms with Crippen molar-refractivity contribution in [2.45, 2.75) is 70.8 Å². The molecule has 1 atom stereocenters. The van der Waals surface area contributed by atoms with Gasteiger partial charge >= 0.3 is 12.0 Å². The van der Waals surface area contributed by atoms with Gasteiger partial charge in [0, 0.05) is 19.0 Å². The van der Waals surface area contributed by atoms with Gasteiger partial charge in [-0.1, -0.05) is 32.6 Å². The van der Waals surface area contributed by atoms with E-state index in [-0.39, 0.29) is 12.5 Å². The molecule has 1 aliphatic rings. The molecule has 0 aliphatic heterocycles. The summed E-state index contributed by atoms with van der Waals surface area (Å²) in [7, 11) is 0. The quantitative estimate of drug-likeness (QED) is 0.609. The summed E-state index contributed by atoms with van der Waals surface area (Å²) < 4.78 is 0. The Labute approximate surface area is 121 Å². The molecule has 1 rings (SSSR count). The zero-order valence-corrected chi connectivity index (χ0v) is 12.5. The predicted molar refractivity (Wildman–Crippen MR) is 78.7 cm³/mol.